The molecule has 0 spiro atoms. The van der Waals surface area contributed by atoms with Gasteiger partial charge in [0.25, 0.3) is 0 Å². The minimum absolute atomic E-state index is 0.743. The van der Waals surface area contributed by atoms with Crippen LogP contribution >= 0.6 is 0 Å². The predicted octanol–water partition coefficient (Wildman–Crippen LogP) is 1.98. The zero-order valence-corrected chi connectivity index (χ0v) is 12.6. The van der Waals surface area contributed by atoms with Crippen LogP contribution in [0.5, 0.6) is 5.75 Å². The second-order valence-corrected chi connectivity index (χ2v) is 4.92. The van der Waals surface area contributed by atoms with E-state index in [1.54, 1.807) is 7.11 Å². The summed E-state index contributed by atoms with van der Waals surface area (Å²) >= 11 is 0. The number of nitrogens with one attached hydrogen (secondary N) is 2. The van der Waals surface area contributed by atoms with Gasteiger partial charge >= 0.3 is 0 Å². The molecule has 1 heterocycles. The molecule has 1 aromatic heterocycles. The average molecular weight is 288 g/mol. The van der Waals surface area contributed by atoms with Gasteiger partial charge in [0.1, 0.15) is 5.75 Å². The summed E-state index contributed by atoms with van der Waals surface area (Å²) in [5.41, 5.74) is 7.46. The fraction of sp³-hybridized carbons (Fsp3) is 0.438. The Kier molecular flexibility index (Phi) is 6.24. The van der Waals surface area contributed by atoms with Gasteiger partial charge in [0.2, 0.25) is 0 Å². The highest BCUT2D eigenvalue weighted by atomic mass is 16.5. The fourth-order valence-electron chi connectivity index (χ4n) is 2.21. The van der Waals surface area contributed by atoms with Crippen LogP contribution in [0, 0.1) is 0 Å². The Morgan fingerprint density at radius 2 is 2.05 bits per heavy atom. The van der Waals surface area contributed by atoms with Gasteiger partial charge in [-0.15, -0.1) is 0 Å². The largest absolute Gasteiger partial charge is 0.497 e. The van der Waals surface area contributed by atoms with Crippen LogP contribution in [0.3, 0.4) is 0 Å². The average Bonchev–Trinajstić information content (AvgIpc) is 2.53. The van der Waals surface area contributed by atoms with Crippen LogP contribution in [0.15, 0.2) is 30.5 Å². The highest BCUT2D eigenvalue weighted by Gasteiger charge is 2.05. The number of aromatic nitrogens is 1. The number of hydrogen-bond donors (Lipinski definition) is 3. The lowest BCUT2D eigenvalue weighted by Crippen LogP contribution is -2.21. The molecule has 0 atom stereocenters. The highest BCUT2D eigenvalue weighted by molar-refractivity contribution is 5.91. The molecular formula is C16H24N4O. The molecule has 0 aliphatic rings. The molecule has 114 valence electrons. The van der Waals surface area contributed by atoms with Crippen molar-refractivity contribution in [3.63, 3.8) is 0 Å². The van der Waals surface area contributed by atoms with Crippen molar-refractivity contribution < 1.29 is 4.74 Å². The molecule has 0 saturated carbocycles. The third-order valence-electron chi connectivity index (χ3n) is 3.32. The zero-order valence-electron chi connectivity index (χ0n) is 12.6. The highest BCUT2D eigenvalue weighted by Crippen LogP contribution is 2.27. The lowest BCUT2D eigenvalue weighted by molar-refractivity contribution is 0.415. The minimum Gasteiger partial charge on any atom is -0.497 e. The van der Waals surface area contributed by atoms with Crippen LogP contribution in [-0.4, -0.2) is 38.3 Å². The number of nitrogens with zero attached hydrogens (tertiary/aromatic N) is 1. The van der Waals surface area contributed by atoms with Crippen LogP contribution in [0.1, 0.15) is 12.8 Å². The quantitative estimate of drug-likeness (QED) is 0.615. The summed E-state index contributed by atoms with van der Waals surface area (Å²) in [6, 6.07) is 7.98. The molecule has 5 nitrogen and oxygen atoms in total. The van der Waals surface area contributed by atoms with Crippen LogP contribution in [0.4, 0.5) is 5.69 Å². The first-order chi connectivity index (χ1) is 10.3. The summed E-state index contributed by atoms with van der Waals surface area (Å²) in [5, 5.41) is 7.90. The first kappa shape index (κ1) is 15.5. The first-order valence-electron chi connectivity index (χ1n) is 7.42. The molecule has 0 bridgehead atoms. The molecule has 0 aliphatic heterocycles. The van der Waals surface area contributed by atoms with Gasteiger partial charge in [0, 0.05) is 24.2 Å². The van der Waals surface area contributed by atoms with Gasteiger partial charge in [-0.3, -0.25) is 4.98 Å². The normalized spacial score (nSPS) is 10.8. The Morgan fingerprint density at radius 1 is 1.19 bits per heavy atom. The second kappa shape index (κ2) is 8.44. The molecule has 1 aromatic carbocycles. The van der Waals surface area contributed by atoms with Gasteiger partial charge in [-0.2, -0.15) is 0 Å². The number of methoxy groups -OCH3 is 1. The minimum atomic E-state index is 0.743. The molecule has 0 saturated heterocycles. The molecule has 0 aliphatic carbocycles. The number of benzene rings is 1. The monoisotopic (exact) mass is 288 g/mol. The van der Waals surface area contributed by atoms with Crippen molar-refractivity contribution in [2.75, 3.05) is 38.6 Å². The van der Waals surface area contributed by atoms with Crippen molar-refractivity contribution >= 4 is 16.6 Å². The lowest BCUT2D eigenvalue weighted by Gasteiger charge is -2.11. The molecule has 0 radical (unpaired) electrons. The van der Waals surface area contributed by atoms with E-state index < -0.39 is 0 Å². The Morgan fingerprint density at radius 3 is 2.86 bits per heavy atom. The number of pyridine rings is 1. The van der Waals surface area contributed by atoms with E-state index in [-0.39, 0.29) is 0 Å². The van der Waals surface area contributed by atoms with E-state index in [0.29, 0.717) is 0 Å². The SMILES string of the molecule is COc1cc(NCCCNCCCN)c2ncccc2c1. The van der Waals surface area contributed by atoms with Crippen molar-refractivity contribution in [2.24, 2.45) is 5.73 Å². The maximum atomic E-state index is 5.45. The maximum absolute atomic E-state index is 5.45. The number of hydrogen-bond acceptors (Lipinski definition) is 5. The maximum Gasteiger partial charge on any atom is 0.121 e. The molecule has 2 aromatic rings. The van der Waals surface area contributed by atoms with Crippen LogP contribution in [0.2, 0.25) is 0 Å². The van der Waals surface area contributed by atoms with Gasteiger partial charge in [-0.05, 0) is 44.6 Å². The molecule has 5 heteroatoms. The van der Waals surface area contributed by atoms with Crippen LogP contribution in [0.25, 0.3) is 10.9 Å². The smallest absolute Gasteiger partial charge is 0.121 e. The molecule has 4 N–H and O–H groups in total. The van der Waals surface area contributed by atoms with E-state index >= 15 is 0 Å². The van der Waals surface area contributed by atoms with Crippen molar-refractivity contribution in [1.29, 1.82) is 0 Å². The zero-order chi connectivity index (χ0) is 14.9. The summed E-state index contributed by atoms with van der Waals surface area (Å²) < 4.78 is 5.34. The van der Waals surface area contributed by atoms with Gasteiger partial charge in [-0.25, -0.2) is 0 Å². The topological polar surface area (TPSA) is 72.2 Å². The molecule has 2 rings (SSSR count). The third-order valence-corrected chi connectivity index (χ3v) is 3.32. The first-order valence-corrected chi connectivity index (χ1v) is 7.42. The van der Waals surface area contributed by atoms with E-state index in [9.17, 15) is 0 Å². The standard InChI is InChI=1S/C16H24N4O/c1-21-14-11-13-5-2-9-20-16(13)15(12-14)19-10-4-8-18-7-3-6-17/h2,5,9,11-12,18-19H,3-4,6-8,10,17H2,1H3. The van der Waals surface area contributed by atoms with E-state index in [1.165, 1.54) is 0 Å². The number of fused-ring (bicyclic) bond motifs is 1. The molecular weight excluding hydrogens is 264 g/mol. The van der Waals surface area contributed by atoms with Gasteiger partial charge in [-0.1, -0.05) is 6.07 Å². The van der Waals surface area contributed by atoms with Crippen LogP contribution in [-0.2, 0) is 0 Å². The Hall–Kier alpha value is -1.85. The summed E-state index contributed by atoms with van der Waals surface area (Å²) in [6.45, 7) is 3.61. The summed E-state index contributed by atoms with van der Waals surface area (Å²) in [4.78, 5) is 4.45. The van der Waals surface area contributed by atoms with Crippen molar-refractivity contribution in [3.05, 3.63) is 30.5 Å². The second-order valence-electron chi connectivity index (χ2n) is 4.92. The van der Waals surface area contributed by atoms with E-state index in [4.69, 9.17) is 10.5 Å². The van der Waals surface area contributed by atoms with Crippen molar-refractivity contribution in [2.45, 2.75) is 12.8 Å². The molecule has 0 fully saturated rings. The number of ether oxygens (including phenoxy) is 1. The van der Waals surface area contributed by atoms with Gasteiger partial charge < -0.3 is 21.1 Å². The van der Waals surface area contributed by atoms with Gasteiger partial charge in [0.15, 0.2) is 0 Å². The lowest BCUT2D eigenvalue weighted by atomic mass is 10.1. The molecule has 0 amide bonds. The van der Waals surface area contributed by atoms with Crippen molar-refractivity contribution in [3.8, 4) is 5.75 Å². The number of anilines is 1. The summed E-state index contributed by atoms with van der Waals surface area (Å²) in [5.74, 6) is 0.846. The summed E-state index contributed by atoms with van der Waals surface area (Å²) in [6.07, 6.45) is 3.89. The third kappa shape index (κ3) is 4.58. The van der Waals surface area contributed by atoms with Crippen LogP contribution < -0.4 is 21.1 Å². The van der Waals surface area contributed by atoms with Gasteiger partial charge in [0.05, 0.1) is 18.3 Å². The molecule has 0 unspecified atom stereocenters. The summed E-state index contributed by atoms with van der Waals surface area (Å²) in [7, 11) is 1.68. The van der Waals surface area contributed by atoms with E-state index in [0.717, 1.165) is 61.4 Å². The Labute approximate surface area is 125 Å². The number of nitrogens with two attached hydrogens (primary N) is 1. The predicted molar refractivity (Wildman–Crippen MR) is 87.9 cm³/mol. The fourth-order valence-corrected chi connectivity index (χ4v) is 2.21. The Balaban J connectivity index is 1.91. The van der Waals surface area contributed by atoms with E-state index in [2.05, 4.69) is 15.6 Å². The Bertz CT molecular complexity index is 559. The van der Waals surface area contributed by atoms with Crippen molar-refractivity contribution in [1.82, 2.24) is 10.3 Å². The van der Waals surface area contributed by atoms with E-state index in [1.807, 2.05) is 30.5 Å². The molecule has 21 heavy (non-hydrogen) atoms. The number of rotatable bonds is 9.